The van der Waals surface area contributed by atoms with Gasteiger partial charge < -0.3 is 9.30 Å². The van der Waals surface area contributed by atoms with Crippen molar-refractivity contribution in [3.05, 3.63) is 95.2 Å². The number of halogens is 1. The highest BCUT2D eigenvalue weighted by Crippen LogP contribution is 2.34. The number of fused-ring (bicyclic) bond motifs is 1. The van der Waals surface area contributed by atoms with Crippen molar-refractivity contribution in [3.8, 4) is 0 Å². The second-order valence-corrected chi connectivity index (χ2v) is 13.1. The summed E-state index contributed by atoms with van der Waals surface area (Å²) < 4.78 is 50.4. The summed E-state index contributed by atoms with van der Waals surface area (Å²) in [6, 6.07) is 12.0. The van der Waals surface area contributed by atoms with Gasteiger partial charge in [-0.15, -0.1) is 11.3 Å². The van der Waals surface area contributed by atoms with Crippen molar-refractivity contribution in [1.29, 1.82) is 0 Å². The van der Waals surface area contributed by atoms with E-state index in [1.807, 2.05) is 24.4 Å². The number of hydrogen-bond donors (Lipinski definition) is 0. The third-order valence-corrected chi connectivity index (χ3v) is 10.8. The summed E-state index contributed by atoms with van der Waals surface area (Å²) in [7, 11) is -3.68. The third kappa shape index (κ3) is 5.27. The third-order valence-electron chi connectivity index (χ3n) is 7.47. The van der Waals surface area contributed by atoms with Crippen LogP contribution in [0.1, 0.15) is 41.0 Å². The number of ether oxygens (including phenoxy) is 1. The van der Waals surface area contributed by atoms with Crippen molar-refractivity contribution in [3.63, 3.8) is 0 Å². The Morgan fingerprint density at radius 3 is 2.74 bits per heavy atom. The van der Waals surface area contributed by atoms with Crippen LogP contribution in [0.25, 0.3) is 0 Å². The predicted octanol–water partition coefficient (Wildman–Crippen LogP) is 3.52. The largest absolute Gasteiger partial charge is 0.378 e. The van der Waals surface area contributed by atoms with Crippen LogP contribution in [0.3, 0.4) is 0 Å². The fourth-order valence-corrected chi connectivity index (χ4v) is 8.18. The standard InChI is InChI=1S/C27H29FN6O3S2/c1-19(20-5-7-21(28)8-6-20)34-18-29-13-24(34)25-17-37-16-23-15-32(10-11-33(23)25)39(35,36)27-14-31-26(38-27)12-22-4-2-3-9-30-22/h2-9,13-14,18-19,23,25H,10-12,15-17H2,1H3/t19-,23?,25?/m1/s1. The van der Waals surface area contributed by atoms with Crippen molar-refractivity contribution in [2.75, 3.05) is 32.8 Å². The zero-order valence-corrected chi connectivity index (χ0v) is 23.1. The van der Waals surface area contributed by atoms with Gasteiger partial charge in [-0.05, 0) is 36.8 Å². The number of nitrogens with zero attached hydrogens (tertiary/aromatic N) is 6. The average molecular weight is 569 g/mol. The summed E-state index contributed by atoms with van der Waals surface area (Å²) in [6.45, 7) is 4.31. The molecule has 0 spiro atoms. The zero-order valence-electron chi connectivity index (χ0n) is 21.4. The number of imidazole rings is 1. The molecule has 0 amide bonds. The van der Waals surface area contributed by atoms with Crippen LogP contribution in [0.2, 0.25) is 0 Å². The van der Waals surface area contributed by atoms with E-state index >= 15 is 0 Å². The normalized spacial score (nSPS) is 21.5. The topological polar surface area (TPSA) is 93.5 Å². The summed E-state index contributed by atoms with van der Waals surface area (Å²) in [5, 5.41) is 0.718. The van der Waals surface area contributed by atoms with Crippen LogP contribution in [0.5, 0.6) is 0 Å². The Balaban J connectivity index is 1.17. The molecule has 39 heavy (non-hydrogen) atoms. The van der Waals surface area contributed by atoms with E-state index in [1.54, 1.807) is 29.0 Å². The van der Waals surface area contributed by atoms with Gasteiger partial charge in [-0.1, -0.05) is 18.2 Å². The van der Waals surface area contributed by atoms with Gasteiger partial charge in [0.15, 0.2) is 4.21 Å². The maximum Gasteiger partial charge on any atom is 0.254 e. The lowest BCUT2D eigenvalue weighted by Gasteiger charge is -2.47. The predicted molar refractivity (Wildman–Crippen MR) is 144 cm³/mol. The average Bonchev–Trinajstić information content (AvgIpc) is 3.64. The van der Waals surface area contributed by atoms with Crippen LogP contribution in [-0.4, -0.2) is 76.0 Å². The van der Waals surface area contributed by atoms with Gasteiger partial charge in [0.1, 0.15) is 5.82 Å². The van der Waals surface area contributed by atoms with Crippen LogP contribution in [0.4, 0.5) is 4.39 Å². The van der Waals surface area contributed by atoms with Crippen LogP contribution < -0.4 is 0 Å². The molecule has 204 valence electrons. The molecule has 2 fully saturated rings. The lowest BCUT2D eigenvalue weighted by atomic mass is 10.0. The highest BCUT2D eigenvalue weighted by atomic mass is 32.2. The Bertz CT molecular complexity index is 1530. The molecular formula is C27H29FN6O3S2. The molecule has 2 aliphatic rings. The van der Waals surface area contributed by atoms with Crippen molar-refractivity contribution in [2.24, 2.45) is 0 Å². The van der Waals surface area contributed by atoms with Crippen LogP contribution in [0, 0.1) is 5.82 Å². The maximum absolute atomic E-state index is 13.5. The molecule has 0 bridgehead atoms. The molecule has 2 aliphatic heterocycles. The molecular weight excluding hydrogens is 539 g/mol. The highest BCUT2D eigenvalue weighted by molar-refractivity contribution is 7.91. The van der Waals surface area contributed by atoms with E-state index in [4.69, 9.17) is 4.74 Å². The Labute approximate surface area is 231 Å². The Morgan fingerprint density at radius 2 is 1.95 bits per heavy atom. The van der Waals surface area contributed by atoms with Gasteiger partial charge in [0.25, 0.3) is 10.0 Å². The van der Waals surface area contributed by atoms with E-state index < -0.39 is 10.0 Å². The Hall–Kier alpha value is -3.03. The van der Waals surface area contributed by atoms with Gasteiger partial charge in [-0.2, -0.15) is 4.31 Å². The fourth-order valence-electron chi connectivity index (χ4n) is 5.36. The first-order valence-corrected chi connectivity index (χ1v) is 15.1. The molecule has 6 rings (SSSR count). The molecule has 2 unspecified atom stereocenters. The second kappa shape index (κ2) is 10.9. The molecule has 5 heterocycles. The lowest BCUT2D eigenvalue weighted by molar-refractivity contribution is -0.0731. The number of rotatable bonds is 7. The summed E-state index contributed by atoms with van der Waals surface area (Å²) in [6.07, 6.45) is 7.31. The van der Waals surface area contributed by atoms with Gasteiger partial charge in [0.05, 0.1) is 48.5 Å². The molecule has 0 radical (unpaired) electrons. The van der Waals surface area contributed by atoms with Gasteiger partial charge >= 0.3 is 0 Å². The smallest absolute Gasteiger partial charge is 0.254 e. The summed E-state index contributed by atoms with van der Waals surface area (Å²) >= 11 is 1.20. The molecule has 9 nitrogen and oxygen atoms in total. The first kappa shape index (κ1) is 26.2. The summed E-state index contributed by atoms with van der Waals surface area (Å²) in [4.78, 5) is 15.4. The zero-order chi connectivity index (χ0) is 27.0. The van der Waals surface area contributed by atoms with E-state index in [0.717, 1.165) is 22.0 Å². The van der Waals surface area contributed by atoms with Crippen molar-refractivity contribution < 1.29 is 17.5 Å². The molecule has 4 aromatic rings. The molecule has 0 saturated carbocycles. The minimum Gasteiger partial charge on any atom is -0.378 e. The summed E-state index contributed by atoms with van der Waals surface area (Å²) in [5.74, 6) is -0.268. The Kier molecular flexibility index (Phi) is 7.29. The van der Waals surface area contributed by atoms with Gasteiger partial charge in [-0.25, -0.2) is 22.8 Å². The van der Waals surface area contributed by atoms with Crippen LogP contribution in [0.15, 0.2) is 71.6 Å². The number of pyridine rings is 1. The number of aromatic nitrogens is 4. The van der Waals surface area contributed by atoms with Crippen molar-refractivity contribution in [2.45, 2.75) is 35.7 Å². The monoisotopic (exact) mass is 568 g/mol. The number of hydrogen-bond acceptors (Lipinski definition) is 8. The molecule has 3 atom stereocenters. The molecule has 0 N–H and O–H groups in total. The van der Waals surface area contributed by atoms with Crippen LogP contribution in [-0.2, 0) is 21.2 Å². The van der Waals surface area contributed by atoms with Crippen molar-refractivity contribution in [1.82, 2.24) is 28.7 Å². The maximum atomic E-state index is 13.5. The minimum absolute atomic E-state index is 0.0447. The van der Waals surface area contributed by atoms with Crippen molar-refractivity contribution >= 4 is 21.4 Å². The number of piperazine rings is 1. The van der Waals surface area contributed by atoms with E-state index in [9.17, 15) is 12.8 Å². The molecule has 0 aliphatic carbocycles. The minimum atomic E-state index is -3.68. The highest BCUT2D eigenvalue weighted by Gasteiger charge is 2.41. The first-order valence-electron chi connectivity index (χ1n) is 12.9. The quantitative estimate of drug-likeness (QED) is 0.337. The molecule has 1 aromatic carbocycles. The number of thiazole rings is 1. The van der Waals surface area contributed by atoms with E-state index in [2.05, 4.69) is 31.3 Å². The van der Waals surface area contributed by atoms with E-state index in [1.165, 1.54) is 29.7 Å². The number of morpholine rings is 1. The van der Waals surface area contributed by atoms with Gasteiger partial charge in [-0.3, -0.25) is 9.88 Å². The Morgan fingerprint density at radius 1 is 1.10 bits per heavy atom. The molecule has 12 heteroatoms. The lowest BCUT2D eigenvalue weighted by Crippen LogP contribution is -2.60. The van der Waals surface area contributed by atoms with Gasteiger partial charge in [0, 0.05) is 50.2 Å². The van der Waals surface area contributed by atoms with Crippen LogP contribution >= 0.6 is 11.3 Å². The fraction of sp³-hybridized carbons (Fsp3) is 0.370. The molecule has 3 aromatic heterocycles. The molecule has 2 saturated heterocycles. The first-order chi connectivity index (χ1) is 18.9. The van der Waals surface area contributed by atoms with E-state index in [-0.39, 0.29) is 28.2 Å². The number of benzene rings is 1. The SMILES string of the molecule is C[C@H](c1ccc(F)cc1)n1cncc1C1COCC2CN(S(=O)(=O)c3cnc(Cc4ccccn4)s3)CCN21. The summed E-state index contributed by atoms with van der Waals surface area (Å²) in [5.41, 5.74) is 2.82. The second-order valence-electron chi connectivity index (χ2n) is 9.83. The number of sulfonamides is 1. The van der Waals surface area contributed by atoms with Gasteiger partial charge in [0.2, 0.25) is 0 Å². The van der Waals surface area contributed by atoms with E-state index in [0.29, 0.717) is 39.3 Å².